The highest BCUT2D eigenvalue weighted by molar-refractivity contribution is 5.92. The van der Waals surface area contributed by atoms with Crippen molar-refractivity contribution in [1.29, 1.82) is 0 Å². The number of hydrogen-bond acceptors (Lipinski definition) is 3. The standard InChI is InChI=1S/C20H21N3O3/c1-13(24)23-11-15-10-22(20(26)17-8-5-9-18(25)21-17)12-16(15)19(23)14-6-3-2-4-7-14/h2-9,15-16,19H,10-12H2,1H3,(H,21,25)/t15-,16-,19-/m1/s1. The second-order valence-electron chi connectivity index (χ2n) is 7.09. The number of nitrogens with one attached hydrogen (secondary N) is 1. The average molecular weight is 351 g/mol. The molecule has 134 valence electrons. The second kappa shape index (κ2) is 6.44. The Hall–Kier alpha value is -2.89. The van der Waals surface area contributed by atoms with Crippen LogP contribution in [0.4, 0.5) is 0 Å². The molecule has 1 aromatic heterocycles. The number of aromatic amines is 1. The smallest absolute Gasteiger partial charge is 0.270 e. The molecule has 2 aliphatic rings. The number of H-pyrrole nitrogens is 1. The Morgan fingerprint density at radius 2 is 1.77 bits per heavy atom. The third kappa shape index (κ3) is 2.81. The molecule has 2 amide bonds. The van der Waals surface area contributed by atoms with Gasteiger partial charge < -0.3 is 14.8 Å². The highest BCUT2D eigenvalue weighted by Crippen LogP contribution is 2.45. The first-order valence-electron chi connectivity index (χ1n) is 8.85. The Morgan fingerprint density at radius 3 is 2.46 bits per heavy atom. The van der Waals surface area contributed by atoms with Crippen LogP contribution in [-0.4, -0.2) is 46.2 Å². The number of carbonyl (C=O) groups is 2. The number of nitrogens with zero attached hydrogens (tertiary/aromatic N) is 2. The molecule has 6 heteroatoms. The fourth-order valence-electron chi connectivity index (χ4n) is 4.36. The van der Waals surface area contributed by atoms with Crippen molar-refractivity contribution in [2.24, 2.45) is 11.8 Å². The third-order valence-electron chi connectivity index (χ3n) is 5.50. The number of aromatic nitrogens is 1. The zero-order valence-electron chi connectivity index (χ0n) is 14.6. The molecular weight excluding hydrogens is 330 g/mol. The predicted octanol–water partition coefficient (Wildman–Crippen LogP) is 1.67. The number of carbonyl (C=O) groups excluding carboxylic acids is 2. The molecule has 3 atom stereocenters. The van der Waals surface area contributed by atoms with Gasteiger partial charge in [-0.2, -0.15) is 0 Å². The largest absolute Gasteiger partial charge is 0.337 e. The lowest BCUT2D eigenvalue weighted by Crippen LogP contribution is -2.37. The van der Waals surface area contributed by atoms with Gasteiger partial charge in [0.25, 0.3) is 5.91 Å². The van der Waals surface area contributed by atoms with E-state index in [1.54, 1.807) is 24.0 Å². The quantitative estimate of drug-likeness (QED) is 0.894. The fraction of sp³-hybridized carbons (Fsp3) is 0.350. The number of fused-ring (bicyclic) bond motifs is 1. The summed E-state index contributed by atoms with van der Waals surface area (Å²) in [4.78, 5) is 42.7. The van der Waals surface area contributed by atoms with E-state index in [0.717, 1.165) is 5.56 Å². The zero-order valence-corrected chi connectivity index (χ0v) is 14.6. The predicted molar refractivity (Wildman–Crippen MR) is 96.5 cm³/mol. The number of rotatable bonds is 2. The summed E-state index contributed by atoms with van der Waals surface area (Å²) < 4.78 is 0. The minimum absolute atomic E-state index is 0.00803. The van der Waals surface area contributed by atoms with Crippen molar-refractivity contribution in [1.82, 2.24) is 14.8 Å². The molecule has 4 rings (SSSR count). The Labute approximate surface area is 151 Å². The van der Waals surface area contributed by atoms with Crippen molar-refractivity contribution in [3.8, 4) is 0 Å². The maximum Gasteiger partial charge on any atom is 0.270 e. The van der Waals surface area contributed by atoms with Crippen molar-refractivity contribution < 1.29 is 9.59 Å². The first kappa shape index (κ1) is 16.6. The third-order valence-corrected chi connectivity index (χ3v) is 5.50. The van der Waals surface area contributed by atoms with E-state index in [1.807, 2.05) is 35.2 Å². The van der Waals surface area contributed by atoms with Crippen molar-refractivity contribution in [2.45, 2.75) is 13.0 Å². The van der Waals surface area contributed by atoms with Gasteiger partial charge in [0, 0.05) is 44.5 Å². The fourth-order valence-corrected chi connectivity index (χ4v) is 4.36. The van der Waals surface area contributed by atoms with E-state index in [9.17, 15) is 14.4 Å². The van der Waals surface area contributed by atoms with Gasteiger partial charge in [0.15, 0.2) is 0 Å². The summed E-state index contributed by atoms with van der Waals surface area (Å²) in [6.07, 6.45) is 0. The van der Waals surface area contributed by atoms with Gasteiger partial charge in [0.05, 0.1) is 6.04 Å². The zero-order chi connectivity index (χ0) is 18.3. The van der Waals surface area contributed by atoms with Crippen LogP contribution in [0.3, 0.4) is 0 Å². The topological polar surface area (TPSA) is 73.5 Å². The lowest BCUT2D eigenvalue weighted by atomic mass is 9.89. The van der Waals surface area contributed by atoms with Gasteiger partial charge in [0.1, 0.15) is 5.69 Å². The molecule has 26 heavy (non-hydrogen) atoms. The molecular formula is C20H21N3O3. The van der Waals surface area contributed by atoms with Crippen LogP contribution < -0.4 is 5.56 Å². The Kier molecular flexibility index (Phi) is 4.11. The number of amides is 2. The molecule has 0 spiro atoms. The van der Waals surface area contributed by atoms with Crippen molar-refractivity contribution in [3.05, 3.63) is 70.1 Å². The molecule has 1 aromatic carbocycles. The van der Waals surface area contributed by atoms with Crippen LogP contribution in [0, 0.1) is 11.8 Å². The number of benzene rings is 1. The SMILES string of the molecule is CC(=O)N1C[C@H]2CN(C(=O)c3cccc(=O)[nH]3)C[C@H]2[C@H]1c1ccccc1. The molecule has 0 bridgehead atoms. The van der Waals surface area contributed by atoms with E-state index in [-0.39, 0.29) is 35.3 Å². The Bertz CT molecular complexity index is 892. The number of hydrogen-bond donors (Lipinski definition) is 1. The van der Waals surface area contributed by atoms with Crippen LogP contribution in [-0.2, 0) is 4.79 Å². The summed E-state index contributed by atoms with van der Waals surface area (Å²) in [6.45, 7) is 3.46. The van der Waals surface area contributed by atoms with Crippen LogP contribution in [0.25, 0.3) is 0 Å². The molecule has 6 nitrogen and oxygen atoms in total. The van der Waals surface area contributed by atoms with Crippen LogP contribution in [0.1, 0.15) is 29.0 Å². The van der Waals surface area contributed by atoms with E-state index in [2.05, 4.69) is 4.98 Å². The summed E-state index contributed by atoms with van der Waals surface area (Å²) in [6, 6.07) is 14.6. The summed E-state index contributed by atoms with van der Waals surface area (Å²) >= 11 is 0. The molecule has 2 aromatic rings. The number of likely N-dealkylation sites (tertiary alicyclic amines) is 2. The summed E-state index contributed by atoms with van der Waals surface area (Å²) in [5.74, 6) is 0.376. The lowest BCUT2D eigenvalue weighted by Gasteiger charge is -2.29. The average Bonchev–Trinajstić information content (AvgIpc) is 3.19. The summed E-state index contributed by atoms with van der Waals surface area (Å²) in [5.41, 5.74) is 1.15. The molecule has 1 N–H and O–H groups in total. The molecule has 0 radical (unpaired) electrons. The molecule has 0 saturated carbocycles. The minimum Gasteiger partial charge on any atom is -0.337 e. The second-order valence-corrected chi connectivity index (χ2v) is 7.09. The van der Waals surface area contributed by atoms with Gasteiger partial charge in [-0.25, -0.2) is 0 Å². The van der Waals surface area contributed by atoms with Crippen LogP contribution in [0.2, 0.25) is 0 Å². The minimum atomic E-state index is -0.278. The van der Waals surface area contributed by atoms with E-state index in [1.165, 1.54) is 6.07 Å². The molecule has 2 aliphatic heterocycles. The monoisotopic (exact) mass is 351 g/mol. The van der Waals surface area contributed by atoms with Gasteiger partial charge in [-0.05, 0) is 11.6 Å². The van der Waals surface area contributed by atoms with E-state index in [0.29, 0.717) is 25.3 Å². The van der Waals surface area contributed by atoms with E-state index in [4.69, 9.17) is 0 Å². The maximum absolute atomic E-state index is 12.8. The van der Waals surface area contributed by atoms with Gasteiger partial charge in [-0.1, -0.05) is 36.4 Å². The highest BCUT2D eigenvalue weighted by Gasteiger charge is 2.49. The molecule has 0 aliphatic carbocycles. The Balaban J connectivity index is 1.60. The molecule has 3 heterocycles. The normalized spacial score (nSPS) is 24.6. The van der Waals surface area contributed by atoms with Gasteiger partial charge in [-0.3, -0.25) is 14.4 Å². The van der Waals surface area contributed by atoms with E-state index < -0.39 is 0 Å². The van der Waals surface area contributed by atoms with Gasteiger partial charge in [0.2, 0.25) is 11.5 Å². The first-order valence-corrected chi connectivity index (χ1v) is 8.85. The van der Waals surface area contributed by atoms with Crippen LogP contribution in [0.15, 0.2) is 53.3 Å². The Morgan fingerprint density at radius 1 is 1.00 bits per heavy atom. The lowest BCUT2D eigenvalue weighted by molar-refractivity contribution is -0.130. The van der Waals surface area contributed by atoms with Gasteiger partial charge >= 0.3 is 0 Å². The van der Waals surface area contributed by atoms with Gasteiger partial charge in [-0.15, -0.1) is 0 Å². The molecule has 2 fully saturated rings. The number of pyridine rings is 1. The summed E-state index contributed by atoms with van der Waals surface area (Å²) in [7, 11) is 0. The summed E-state index contributed by atoms with van der Waals surface area (Å²) in [5, 5.41) is 0. The maximum atomic E-state index is 12.8. The van der Waals surface area contributed by atoms with E-state index >= 15 is 0 Å². The first-order chi connectivity index (χ1) is 12.5. The highest BCUT2D eigenvalue weighted by atomic mass is 16.2. The molecule has 2 saturated heterocycles. The molecule has 0 unspecified atom stereocenters. The van der Waals surface area contributed by atoms with Crippen molar-refractivity contribution in [3.63, 3.8) is 0 Å². The van der Waals surface area contributed by atoms with Crippen LogP contribution in [0.5, 0.6) is 0 Å². The van der Waals surface area contributed by atoms with Crippen LogP contribution >= 0.6 is 0 Å². The van der Waals surface area contributed by atoms with Crippen molar-refractivity contribution in [2.75, 3.05) is 19.6 Å². The van der Waals surface area contributed by atoms with Crippen molar-refractivity contribution >= 4 is 11.8 Å².